The van der Waals surface area contributed by atoms with E-state index in [4.69, 9.17) is 16.3 Å². The van der Waals surface area contributed by atoms with E-state index in [0.29, 0.717) is 17.4 Å². The highest BCUT2D eigenvalue weighted by Crippen LogP contribution is 2.26. The number of nitrogens with one attached hydrogen (secondary N) is 1. The summed E-state index contributed by atoms with van der Waals surface area (Å²) in [6, 6.07) is 17.7. The number of fused-ring (bicyclic) bond motifs is 1. The Hall–Kier alpha value is -2.46. The average molecular weight is 357 g/mol. The van der Waals surface area contributed by atoms with Crippen LogP contribution in [-0.4, -0.2) is 16.3 Å². The number of amides is 1. The molecule has 0 aliphatic rings. The number of ether oxygens (including phenoxy) is 1. The summed E-state index contributed by atoms with van der Waals surface area (Å²) in [4.78, 5) is 12.2. The van der Waals surface area contributed by atoms with Gasteiger partial charge in [0.05, 0.1) is 5.52 Å². The van der Waals surface area contributed by atoms with Crippen LogP contribution in [0.3, 0.4) is 0 Å². The zero-order chi connectivity index (χ0) is 18.0. The standard InChI is InChI=1S/C20H21ClN2O2/c1-20(2,3)25-19(24)22-18-12-15-6-4-5-7-17(15)23(18)13-14-8-10-16(21)11-9-14/h4-12H,13H2,1-3H3,(H,22,24). The molecule has 0 aliphatic carbocycles. The zero-order valence-electron chi connectivity index (χ0n) is 14.5. The Kier molecular flexibility index (Phi) is 4.73. The molecule has 4 nitrogen and oxygen atoms in total. The number of rotatable bonds is 3. The Morgan fingerprint density at radius 1 is 1.12 bits per heavy atom. The fourth-order valence-corrected chi connectivity index (χ4v) is 2.79. The molecule has 130 valence electrons. The van der Waals surface area contributed by atoms with Crippen LogP contribution >= 0.6 is 11.6 Å². The molecule has 1 aromatic heterocycles. The summed E-state index contributed by atoms with van der Waals surface area (Å²) in [7, 11) is 0. The zero-order valence-corrected chi connectivity index (χ0v) is 15.3. The van der Waals surface area contributed by atoms with Crippen molar-refractivity contribution in [1.29, 1.82) is 0 Å². The number of carbonyl (C=O) groups is 1. The van der Waals surface area contributed by atoms with Crippen LogP contribution in [0.5, 0.6) is 0 Å². The summed E-state index contributed by atoms with van der Waals surface area (Å²) in [5.41, 5.74) is 1.60. The monoisotopic (exact) mass is 356 g/mol. The highest BCUT2D eigenvalue weighted by Gasteiger charge is 2.18. The molecule has 0 bridgehead atoms. The van der Waals surface area contributed by atoms with Crippen LogP contribution < -0.4 is 5.32 Å². The van der Waals surface area contributed by atoms with E-state index in [-0.39, 0.29) is 0 Å². The lowest BCUT2D eigenvalue weighted by Gasteiger charge is -2.20. The predicted molar refractivity (Wildman–Crippen MR) is 102 cm³/mol. The van der Waals surface area contributed by atoms with E-state index < -0.39 is 11.7 Å². The van der Waals surface area contributed by atoms with Gasteiger partial charge in [-0.2, -0.15) is 0 Å². The van der Waals surface area contributed by atoms with Crippen molar-refractivity contribution in [3.8, 4) is 0 Å². The Labute approximate surface area is 152 Å². The molecule has 0 aliphatic heterocycles. The molecule has 1 N–H and O–H groups in total. The number of nitrogens with zero attached hydrogens (tertiary/aromatic N) is 1. The number of anilines is 1. The van der Waals surface area contributed by atoms with Crippen LogP contribution in [0.2, 0.25) is 5.02 Å². The molecule has 0 saturated heterocycles. The maximum Gasteiger partial charge on any atom is 0.413 e. The molecule has 25 heavy (non-hydrogen) atoms. The maximum absolute atomic E-state index is 12.2. The van der Waals surface area contributed by atoms with E-state index in [0.717, 1.165) is 16.5 Å². The van der Waals surface area contributed by atoms with Gasteiger partial charge in [-0.15, -0.1) is 0 Å². The van der Waals surface area contributed by atoms with Crippen LogP contribution in [0, 0.1) is 0 Å². The molecular formula is C20H21ClN2O2. The fraction of sp³-hybridized carbons (Fsp3) is 0.250. The van der Waals surface area contributed by atoms with Crippen LogP contribution in [0.25, 0.3) is 10.9 Å². The van der Waals surface area contributed by atoms with Crippen molar-refractivity contribution in [2.45, 2.75) is 32.9 Å². The molecule has 0 saturated carbocycles. The molecule has 0 fully saturated rings. The molecule has 0 atom stereocenters. The van der Waals surface area contributed by atoms with Crippen LogP contribution in [0.15, 0.2) is 54.6 Å². The normalized spacial score (nSPS) is 11.5. The third-order valence-electron chi connectivity index (χ3n) is 3.69. The number of aromatic nitrogens is 1. The van der Waals surface area contributed by atoms with Crippen molar-refractivity contribution < 1.29 is 9.53 Å². The average Bonchev–Trinajstić information content (AvgIpc) is 2.85. The lowest BCUT2D eigenvalue weighted by molar-refractivity contribution is 0.0635. The van der Waals surface area contributed by atoms with E-state index >= 15 is 0 Å². The third kappa shape index (κ3) is 4.34. The van der Waals surface area contributed by atoms with Gasteiger partial charge in [0.15, 0.2) is 0 Å². The Morgan fingerprint density at radius 3 is 2.48 bits per heavy atom. The van der Waals surface area contributed by atoms with Gasteiger partial charge < -0.3 is 9.30 Å². The molecule has 1 heterocycles. The molecule has 3 rings (SSSR count). The van der Waals surface area contributed by atoms with Gasteiger partial charge in [-0.1, -0.05) is 41.9 Å². The highest BCUT2D eigenvalue weighted by molar-refractivity contribution is 6.30. The van der Waals surface area contributed by atoms with E-state index in [1.54, 1.807) is 0 Å². The van der Waals surface area contributed by atoms with Gasteiger partial charge in [-0.05, 0) is 50.6 Å². The minimum Gasteiger partial charge on any atom is -0.444 e. The SMILES string of the molecule is CC(C)(C)OC(=O)Nc1cc2ccccc2n1Cc1ccc(Cl)cc1. The van der Waals surface area contributed by atoms with E-state index in [1.165, 1.54) is 0 Å². The second kappa shape index (κ2) is 6.81. The van der Waals surface area contributed by atoms with Crippen molar-refractivity contribution in [3.05, 3.63) is 65.2 Å². The smallest absolute Gasteiger partial charge is 0.413 e. The Balaban J connectivity index is 1.94. The quantitative estimate of drug-likeness (QED) is 0.655. The van der Waals surface area contributed by atoms with Crippen molar-refractivity contribution in [2.75, 3.05) is 5.32 Å². The first-order chi connectivity index (χ1) is 11.8. The van der Waals surface area contributed by atoms with E-state index in [9.17, 15) is 4.79 Å². The lowest BCUT2D eigenvalue weighted by Crippen LogP contribution is -2.28. The maximum atomic E-state index is 12.2. The van der Waals surface area contributed by atoms with Gasteiger partial charge in [0.2, 0.25) is 0 Å². The van der Waals surface area contributed by atoms with E-state index in [2.05, 4.69) is 9.88 Å². The predicted octanol–water partition coefficient (Wildman–Crippen LogP) is 5.69. The van der Waals surface area contributed by atoms with Gasteiger partial charge in [0.1, 0.15) is 11.4 Å². The van der Waals surface area contributed by atoms with Gasteiger partial charge in [0, 0.05) is 17.0 Å². The Morgan fingerprint density at radius 2 is 1.80 bits per heavy atom. The number of hydrogen-bond acceptors (Lipinski definition) is 2. The van der Waals surface area contributed by atoms with E-state index in [1.807, 2.05) is 75.4 Å². The molecule has 3 aromatic rings. The van der Waals surface area contributed by atoms with Gasteiger partial charge >= 0.3 is 6.09 Å². The summed E-state index contributed by atoms with van der Waals surface area (Å²) in [5, 5.41) is 4.62. The first-order valence-electron chi connectivity index (χ1n) is 8.14. The number of halogens is 1. The summed E-state index contributed by atoms with van der Waals surface area (Å²) in [6.07, 6.45) is -0.465. The molecule has 2 aromatic carbocycles. The third-order valence-corrected chi connectivity index (χ3v) is 3.95. The van der Waals surface area contributed by atoms with Gasteiger partial charge in [0.25, 0.3) is 0 Å². The number of carbonyl (C=O) groups excluding carboxylic acids is 1. The van der Waals surface area contributed by atoms with Crippen molar-refractivity contribution in [1.82, 2.24) is 4.57 Å². The summed E-state index contributed by atoms with van der Waals surface area (Å²) < 4.78 is 7.44. The number of benzene rings is 2. The first kappa shape index (κ1) is 17.4. The number of hydrogen-bond donors (Lipinski definition) is 1. The van der Waals surface area contributed by atoms with Crippen LogP contribution in [0.1, 0.15) is 26.3 Å². The van der Waals surface area contributed by atoms with Gasteiger partial charge in [-0.25, -0.2) is 4.79 Å². The van der Waals surface area contributed by atoms with Crippen LogP contribution in [-0.2, 0) is 11.3 Å². The molecule has 5 heteroatoms. The lowest BCUT2D eigenvalue weighted by atomic mass is 10.2. The van der Waals surface area contributed by atoms with Crippen molar-refractivity contribution in [3.63, 3.8) is 0 Å². The van der Waals surface area contributed by atoms with Crippen molar-refractivity contribution >= 4 is 34.4 Å². The molecule has 0 spiro atoms. The van der Waals surface area contributed by atoms with Crippen LogP contribution in [0.4, 0.5) is 10.6 Å². The summed E-state index contributed by atoms with van der Waals surface area (Å²) in [6.45, 7) is 6.15. The fourth-order valence-electron chi connectivity index (χ4n) is 2.66. The Bertz CT molecular complexity index is 892. The largest absolute Gasteiger partial charge is 0.444 e. The highest BCUT2D eigenvalue weighted by atomic mass is 35.5. The first-order valence-corrected chi connectivity index (χ1v) is 8.52. The molecule has 1 amide bonds. The number of para-hydroxylation sites is 1. The minimum absolute atomic E-state index is 0.465. The van der Waals surface area contributed by atoms with Gasteiger partial charge in [-0.3, -0.25) is 5.32 Å². The molecule has 0 radical (unpaired) electrons. The van der Waals surface area contributed by atoms with Crippen molar-refractivity contribution in [2.24, 2.45) is 0 Å². The topological polar surface area (TPSA) is 43.3 Å². The molecule has 0 unspecified atom stereocenters. The summed E-state index contributed by atoms with van der Waals surface area (Å²) in [5.74, 6) is 0.699. The second-order valence-corrected chi connectivity index (χ2v) is 7.36. The minimum atomic E-state index is -0.545. The molecular weight excluding hydrogens is 336 g/mol. The second-order valence-electron chi connectivity index (χ2n) is 6.93. The summed E-state index contributed by atoms with van der Waals surface area (Å²) >= 11 is 5.97.